The van der Waals surface area contributed by atoms with E-state index in [0.717, 1.165) is 31.6 Å². The predicted molar refractivity (Wildman–Crippen MR) is 166 cm³/mol. The number of aryl methyl sites for hydroxylation is 1. The van der Waals surface area contributed by atoms with Crippen LogP contribution < -0.4 is 15.0 Å². The number of hydrogen-bond acceptors (Lipinski definition) is 7. The summed E-state index contributed by atoms with van der Waals surface area (Å²) >= 11 is 2.14. The van der Waals surface area contributed by atoms with E-state index in [-0.39, 0.29) is 11.5 Å². The van der Waals surface area contributed by atoms with Crippen molar-refractivity contribution in [1.82, 2.24) is 9.66 Å². The Balaban J connectivity index is 1.82. The molecule has 0 saturated heterocycles. The van der Waals surface area contributed by atoms with Crippen LogP contribution in [0.1, 0.15) is 50.3 Å². The summed E-state index contributed by atoms with van der Waals surface area (Å²) in [7, 11) is 1.32. The van der Waals surface area contributed by atoms with Crippen LogP contribution in [0.4, 0.5) is 0 Å². The fourth-order valence-electron chi connectivity index (χ4n) is 4.30. The first-order valence-corrected chi connectivity index (χ1v) is 14.1. The third kappa shape index (κ3) is 6.19. The Hall–Kier alpha value is -3.73. The van der Waals surface area contributed by atoms with Gasteiger partial charge >= 0.3 is 5.97 Å². The van der Waals surface area contributed by atoms with E-state index in [4.69, 9.17) is 19.2 Å². The number of ether oxygens (including phenoxy) is 3. The molecule has 1 aromatic heterocycles. The van der Waals surface area contributed by atoms with Gasteiger partial charge in [-0.1, -0.05) is 26.0 Å². The number of methoxy groups -OCH3 is 1. The van der Waals surface area contributed by atoms with Gasteiger partial charge in [-0.05, 0) is 108 Å². The number of para-hydroxylation sites is 1. The van der Waals surface area contributed by atoms with Crippen LogP contribution in [0.2, 0.25) is 0 Å². The first-order chi connectivity index (χ1) is 19.1. The topological polar surface area (TPSA) is 92.0 Å². The standard InChI is InChI=1S/C31H32IN3O5/c1-7-39-28-14-19(4)24(16-23(28)18(2)3)29-34-26-11-9-8-10-22(26)30(36)35(29)33-17-21-12-13-27(25(32)15-21)40-20(5)31(37)38-6/h8-18,20H,7H2,1-6H3/t20-/m0/s1. The maximum Gasteiger partial charge on any atom is 0.346 e. The van der Waals surface area contributed by atoms with Gasteiger partial charge in [0.1, 0.15) is 11.5 Å². The summed E-state index contributed by atoms with van der Waals surface area (Å²) in [5.74, 6) is 1.57. The minimum absolute atomic E-state index is 0.203. The van der Waals surface area contributed by atoms with Crippen molar-refractivity contribution in [3.63, 3.8) is 0 Å². The molecular weight excluding hydrogens is 621 g/mol. The lowest BCUT2D eigenvalue weighted by molar-refractivity contribution is -0.147. The number of esters is 1. The summed E-state index contributed by atoms with van der Waals surface area (Å²) in [5.41, 5.74) is 3.85. The molecule has 4 rings (SSSR count). The van der Waals surface area contributed by atoms with Crippen LogP contribution in [0.15, 0.2) is 64.5 Å². The second-order valence-electron chi connectivity index (χ2n) is 9.58. The molecule has 0 spiro atoms. The van der Waals surface area contributed by atoms with Crippen molar-refractivity contribution in [2.24, 2.45) is 5.10 Å². The fourth-order valence-corrected chi connectivity index (χ4v) is 4.96. The normalized spacial score (nSPS) is 12.2. The highest BCUT2D eigenvalue weighted by Gasteiger charge is 2.19. The average molecular weight is 654 g/mol. The van der Waals surface area contributed by atoms with Crippen molar-refractivity contribution in [3.8, 4) is 22.9 Å². The van der Waals surface area contributed by atoms with Gasteiger partial charge < -0.3 is 14.2 Å². The Morgan fingerprint density at radius 1 is 1.10 bits per heavy atom. The number of halogens is 1. The SMILES string of the molecule is CCOc1cc(C)c(-c2nc3ccccc3c(=O)n2N=Cc2ccc(O[C@@H](C)C(=O)OC)c(I)c2)cc1C(C)C. The van der Waals surface area contributed by atoms with E-state index in [2.05, 4.69) is 41.5 Å². The molecule has 0 N–H and O–H groups in total. The molecule has 0 amide bonds. The van der Waals surface area contributed by atoms with Crippen LogP contribution in [0, 0.1) is 10.5 Å². The minimum atomic E-state index is -0.740. The molecule has 0 unspecified atom stereocenters. The maximum absolute atomic E-state index is 13.7. The molecule has 1 heterocycles. The zero-order chi connectivity index (χ0) is 29.0. The molecule has 3 aromatic carbocycles. The quantitative estimate of drug-likeness (QED) is 0.119. The second-order valence-corrected chi connectivity index (χ2v) is 10.7. The molecule has 0 fully saturated rings. The number of carbonyl (C=O) groups excluding carboxylic acids is 1. The Morgan fingerprint density at radius 3 is 2.52 bits per heavy atom. The Kier molecular flexibility index (Phi) is 9.24. The van der Waals surface area contributed by atoms with E-state index < -0.39 is 12.1 Å². The third-order valence-corrected chi connectivity index (χ3v) is 7.23. The molecule has 0 aliphatic heterocycles. The Labute approximate surface area is 247 Å². The van der Waals surface area contributed by atoms with Gasteiger partial charge in [-0.3, -0.25) is 4.79 Å². The first-order valence-electron chi connectivity index (χ1n) is 13.0. The number of fused-ring (bicyclic) bond motifs is 1. The first kappa shape index (κ1) is 29.3. The van der Waals surface area contributed by atoms with Crippen LogP contribution >= 0.6 is 22.6 Å². The van der Waals surface area contributed by atoms with Crippen molar-refractivity contribution in [2.45, 2.75) is 46.6 Å². The van der Waals surface area contributed by atoms with Gasteiger partial charge in [0.2, 0.25) is 0 Å². The molecule has 9 heteroatoms. The monoisotopic (exact) mass is 653 g/mol. The number of carbonyl (C=O) groups is 1. The molecule has 0 aliphatic rings. The second kappa shape index (κ2) is 12.6. The molecule has 40 heavy (non-hydrogen) atoms. The molecular formula is C31H32IN3O5. The highest BCUT2D eigenvalue weighted by molar-refractivity contribution is 14.1. The summed E-state index contributed by atoms with van der Waals surface area (Å²) < 4.78 is 18.5. The van der Waals surface area contributed by atoms with E-state index in [0.29, 0.717) is 29.1 Å². The predicted octanol–water partition coefficient (Wildman–Crippen LogP) is 6.32. The van der Waals surface area contributed by atoms with Gasteiger partial charge in [0, 0.05) is 5.56 Å². The van der Waals surface area contributed by atoms with E-state index >= 15 is 0 Å². The van der Waals surface area contributed by atoms with Crippen molar-refractivity contribution in [3.05, 3.63) is 85.2 Å². The molecule has 4 aromatic rings. The summed E-state index contributed by atoms with van der Waals surface area (Å²) in [6, 6.07) is 16.7. The van der Waals surface area contributed by atoms with Crippen LogP contribution in [0.3, 0.4) is 0 Å². The lowest BCUT2D eigenvalue weighted by Gasteiger charge is -2.18. The number of rotatable bonds is 9. The number of hydrogen-bond donors (Lipinski definition) is 0. The lowest BCUT2D eigenvalue weighted by atomic mass is 9.96. The van der Waals surface area contributed by atoms with Gasteiger partial charge in [-0.15, -0.1) is 0 Å². The van der Waals surface area contributed by atoms with Gasteiger partial charge in [-0.2, -0.15) is 9.78 Å². The molecule has 1 atom stereocenters. The molecule has 8 nitrogen and oxygen atoms in total. The number of nitrogens with zero attached hydrogens (tertiary/aromatic N) is 3. The third-order valence-electron chi connectivity index (χ3n) is 6.39. The van der Waals surface area contributed by atoms with E-state index in [1.54, 1.807) is 25.3 Å². The molecule has 0 saturated carbocycles. The van der Waals surface area contributed by atoms with Crippen molar-refractivity contribution >= 4 is 45.7 Å². The van der Waals surface area contributed by atoms with Gasteiger partial charge in [0.15, 0.2) is 11.9 Å². The lowest BCUT2D eigenvalue weighted by Crippen LogP contribution is -2.25. The summed E-state index contributed by atoms with van der Waals surface area (Å²) in [6.45, 7) is 10.4. The highest BCUT2D eigenvalue weighted by atomic mass is 127. The van der Waals surface area contributed by atoms with Crippen molar-refractivity contribution in [2.75, 3.05) is 13.7 Å². The van der Waals surface area contributed by atoms with E-state index in [9.17, 15) is 9.59 Å². The zero-order valence-corrected chi connectivity index (χ0v) is 25.6. The van der Waals surface area contributed by atoms with Crippen LogP contribution in [-0.4, -0.2) is 41.7 Å². The smallest absolute Gasteiger partial charge is 0.346 e. The summed E-state index contributed by atoms with van der Waals surface area (Å²) in [5, 5.41) is 5.10. The van der Waals surface area contributed by atoms with Gasteiger partial charge in [0.05, 0.1) is 34.4 Å². The highest BCUT2D eigenvalue weighted by Crippen LogP contribution is 2.34. The fraction of sp³-hybridized carbons (Fsp3) is 0.290. The van der Waals surface area contributed by atoms with Gasteiger partial charge in [-0.25, -0.2) is 9.78 Å². The van der Waals surface area contributed by atoms with Crippen LogP contribution in [-0.2, 0) is 9.53 Å². The number of aromatic nitrogens is 2. The van der Waals surface area contributed by atoms with Crippen LogP contribution in [0.5, 0.6) is 11.5 Å². The maximum atomic E-state index is 13.7. The van der Waals surface area contributed by atoms with Crippen molar-refractivity contribution in [1.29, 1.82) is 0 Å². The van der Waals surface area contributed by atoms with Crippen molar-refractivity contribution < 1.29 is 19.0 Å². The minimum Gasteiger partial charge on any atom is -0.494 e. The van der Waals surface area contributed by atoms with E-state index in [1.807, 2.05) is 56.3 Å². The summed E-state index contributed by atoms with van der Waals surface area (Å²) in [4.78, 5) is 30.3. The van der Waals surface area contributed by atoms with Gasteiger partial charge in [0.25, 0.3) is 5.56 Å². The zero-order valence-electron chi connectivity index (χ0n) is 23.4. The number of benzene rings is 3. The average Bonchev–Trinajstić information content (AvgIpc) is 2.93. The molecule has 0 aliphatic carbocycles. The molecule has 0 radical (unpaired) electrons. The Morgan fingerprint density at radius 2 is 1.85 bits per heavy atom. The summed E-state index contributed by atoms with van der Waals surface area (Å²) in [6.07, 6.45) is 0.875. The molecule has 0 bridgehead atoms. The van der Waals surface area contributed by atoms with Crippen LogP contribution in [0.25, 0.3) is 22.3 Å². The molecule has 208 valence electrons. The largest absolute Gasteiger partial charge is 0.494 e. The van der Waals surface area contributed by atoms with E-state index in [1.165, 1.54) is 11.8 Å². The Bertz CT molecular complexity index is 1640.